The summed E-state index contributed by atoms with van der Waals surface area (Å²) in [7, 11) is 1.61. The first-order valence-corrected chi connectivity index (χ1v) is 13.4. The number of dihydropyridines is 1. The minimum atomic E-state index is -0.660. The van der Waals surface area contributed by atoms with Crippen LogP contribution in [-0.4, -0.2) is 41.9 Å². The summed E-state index contributed by atoms with van der Waals surface area (Å²) in [5.74, 6) is 1.13. The Balaban J connectivity index is 1.71. The highest BCUT2D eigenvalue weighted by Crippen LogP contribution is 2.46. The first-order chi connectivity index (χ1) is 17.8. The van der Waals surface area contributed by atoms with Gasteiger partial charge in [0.15, 0.2) is 5.78 Å². The average Bonchev–Trinajstić information content (AvgIpc) is 2.90. The molecule has 0 unspecified atom stereocenters. The summed E-state index contributed by atoms with van der Waals surface area (Å²) in [6, 6.07) is 13.8. The third-order valence-electron chi connectivity index (χ3n) is 6.74. The van der Waals surface area contributed by atoms with Crippen LogP contribution < -0.4 is 10.1 Å². The number of nitro groups is 1. The van der Waals surface area contributed by atoms with Crippen LogP contribution >= 0.6 is 11.8 Å². The van der Waals surface area contributed by atoms with Crippen LogP contribution in [0.1, 0.15) is 49.7 Å². The van der Waals surface area contributed by atoms with Crippen molar-refractivity contribution in [3.05, 3.63) is 92.3 Å². The van der Waals surface area contributed by atoms with Crippen LogP contribution in [-0.2, 0) is 14.3 Å². The molecule has 8 nitrogen and oxygen atoms in total. The molecule has 0 bridgehead atoms. The monoisotopic (exact) mass is 522 g/mol. The number of nitrogens with zero attached hydrogens (tertiary/aromatic N) is 1. The molecule has 194 valence electrons. The standard InChI is InChI=1S/C28H30N2O6S/c1-4-37-14-13-36-28(32)25-17(2)29-23-15-20(18-7-11-22(35-3)12-8-18)16-24(31)27(23)26(25)19-5-9-21(10-6-19)30(33)34/h5-12,20,26,29H,4,13-16H2,1-3H3/t20-,26+/m1/s1. The predicted molar refractivity (Wildman–Crippen MR) is 143 cm³/mol. The lowest BCUT2D eigenvalue weighted by molar-refractivity contribution is -0.384. The SMILES string of the molecule is CCSCCOC(=O)C1=C(C)NC2=C(C(=O)C[C@H](c3ccc(OC)cc3)C2)[C@H]1c1ccc([N+](=O)[O-])cc1. The van der Waals surface area contributed by atoms with Gasteiger partial charge >= 0.3 is 5.97 Å². The van der Waals surface area contributed by atoms with Crippen molar-refractivity contribution in [3.8, 4) is 5.75 Å². The zero-order valence-electron chi connectivity index (χ0n) is 21.1. The predicted octanol–water partition coefficient (Wildman–Crippen LogP) is 5.26. The van der Waals surface area contributed by atoms with Gasteiger partial charge in [0, 0.05) is 47.2 Å². The van der Waals surface area contributed by atoms with Crippen LogP contribution in [0.3, 0.4) is 0 Å². The fraction of sp³-hybridized carbons (Fsp3) is 0.357. The molecule has 0 saturated heterocycles. The summed E-state index contributed by atoms with van der Waals surface area (Å²) >= 11 is 1.67. The smallest absolute Gasteiger partial charge is 0.336 e. The maximum absolute atomic E-state index is 13.7. The van der Waals surface area contributed by atoms with Crippen molar-refractivity contribution in [3.63, 3.8) is 0 Å². The first-order valence-electron chi connectivity index (χ1n) is 12.2. The van der Waals surface area contributed by atoms with Crippen molar-refractivity contribution in [1.82, 2.24) is 5.32 Å². The minimum Gasteiger partial charge on any atom is -0.497 e. The fourth-order valence-electron chi connectivity index (χ4n) is 4.96. The Bertz CT molecular complexity index is 1250. The summed E-state index contributed by atoms with van der Waals surface area (Å²) in [5, 5.41) is 14.5. The van der Waals surface area contributed by atoms with E-state index in [0.717, 1.165) is 22.8 Å². The molecule has 1 N–H and O–H groups in total. The van der Waals surface area contributed by atoms with Crippen molar-refractivity contribution >= 4 is 29.2 Å². The number of hydrogen-bond donors (Lipinski definition) is 1. The van der Waals surface area contributed by atoms with Crippen LogP contribution in [0.5, 0.6) is 5.75 Å². The van der Waals surface area contributed by atoms with Crippen molar-refractivity contribution in [2.45, 2.75) is 38.5 Å². The summed E-state index contributed by atoms with van der Waals surface area (Å²) in [4.78, 5) is 37.7. The van der Waals surface area contributed by atoms with Crippen molar-refractivity contribution < 1.29 is 24.0 Å². The molecule has 0 spiro atoms. The highest BCUT2D eigenvalue weighted by Gasteiger charge is 2.41. The van der Waals surface area contributed by atoms with Gasteiger partial charge in [-0.3, -0.25) is 14.9 Å². The Morgan fingerprint density at radius 1 is 1.11 bits per heavy atom. The van der Waals surface area contributed by atoms with Gasteiger partial charge in [-0.15, -0.1) is 0 Å². The lowest BCUT2D eigenvalue weighted by Gasteiger charge is -2.36. The summed E-state index contributed by atoms with van der Waals surface area (Å²) < 4.78 is 10.8. The van der Waals surface area contributed by atoms with Gasteiger partial charge in [-0.2, -0.15) is 11.8 Å². The normalized spacial score (nSPS) is 19.3. The zero-order chi connectivity index (χ0) is 26.5. The van der Waals surface area contributed by atoms with Gasteiger partial charge in [0.2, 0.25) is 0 Å². The number of methoxy groups -OCH3 is 1. The minimum absolute atomic E-state index is 0.0189. The molecule has 4 rings (SSSR count). The van der Waals surface area contributed by atoms with Crippen molar-refractivity contribution in [2.75, 3.05) is 25.2 Å². The highest BCUT2D eigenvalue weighted by molar-refractivity contribution is 7.99. The lowest BCUT2D eigenvalue weighted by atomic mass is 9.71. The molecule has 0 saturated carbocycles. The van der Waals surface area contributed by atoms with Gasteiger partial charge in [-0.25, -0.2) is 4.79 Å². The number of nitrogens with one attached hydrogen (secondary N) is 1. The molecule has 37 heavy (non-hydrogen) atoms. The number of rotatable bonds is 9. The second-order valence-corrected chi connectivity index (χ2v) is 10.4. The number of carbonyl (C=O) groups excluding carboxylic acids is 2. The van der Waals surface area contributed by atoms with Crippen molar-refractivity contribution in [1.29, 1.82) is 0 Å². The lowest BCUT2D eigenvalue weighted by Crippen LogP contribution is -2.36. The van der Waals surface area contributed by atoms with Gasteiger partial charge in [0.05, 0.1) is 17.6 Å². The van der Waals surface area contributed by atoms with Gasteiger partial charge in [-0.1, -0.05) is 31.2 Å². The Hall–Kier alpha value is -3.59. The van der Waals surface area contributed by atoms with E-state index in [2.05, 4.69) is 5.32 Å². The number of ether oxygens (including phenoxy) is 2. The van der Waals surface area contributed by atoms with E-state index in [-0.39, 0.29) is 24.0 Å². The Labute approximate surface area is 220 Å². The van der Waals surface area contributed by atoms with Gasteiger partial charge in [-0.05, 0) is 48.3 Å². The number of Topliss-reactive ketones (excluding diaryl/α,β-unsaturated/α-hetero) is 1. The van der Waals surface area contributed by atoms with Crippen molar-refractivity contribution in [2.24, 2.45) is 0 Å². The van der Waals surface area contributed by atoms with Crippen LogP contribution in [0.2, 0.25) is 0 Å². The maximum Gasteiger partial charge on any atom is 0.336 e. The number of allylic oxidation sites excluding steroid dienone is 3. The van der Waals surface area contributed by atoms with E-state index in [1.807, 2.05) is 31.2 Å². The molecule has 2 aromatic carbocycles. The second kappa shape index (κ2) is 11.6. The van der Waals surface area contributed by atoms with E-state index < -0.39 is 16.8 Å². The number of carbonyl (C=O) groups is 2. The molecule has 2 atom stereocenters. The number of benzene rings is 2. The number of ketones is 1. The zero-order valence-corrected chi connectivity index (χ0v) is 21.9. The summed E-state index contributed by atoms with van der Waals surface area (Å²) in [6.07, 6.45) is 0.897. The molecule has 0 aromatic heterocycles. The number of esters is 1. The van der Waals surface area contributed by atoms with E-state index in [0.29, 0.717) is 41.0 Å². The third-order valence-corrected chi connectivity index (χ3v) is 7.60. The number of hydrogen-bond acceptors (Lipinski definition) is 8. The van der Waals surface area contributed by atoms with E-state index in [1.165, 1.54) is 12.1 Å². The number of non-ortho nitro benzene ring substituents is 1. The van der Waals surface area contributed by atoms with Gasteiger partial charge < -0.3 is 14.8 Å². The van der Waals surface area contributed by atoms with E-state index in [1.54, 1.807) is 37.9 Å². The second-order valence-electron chi connectivity index (χ2n) is 8.97. The van der Waals surface area contributed by atoms with Crippen LogP contribution in [0, 0.1) is 10.1 Å². The molecule has 2 aliphatic rings. The summed E-state index contributed by atoms with van der Waals surface area (Å²) in [6.45, 7) is 4.11. The summed E-state index contributed by atoms with van der Waals surface area (Å²) in [5.41, 5.74) is 3.92. The molecular weight excluding hydrogens is 492 g/mol. The molecule has 1 aliphatic heterocycles. The highest BCUT2D eigenvalue weighted by atomic mass is 32.2. The molecule has 9 heteroatoms. The Kier molecular flexibility index (Phi) is 8.33. The number of thioether (sulfide) groups is 1. The largest absolute Gasteiger partial charge is 0.497 e. The molecule has 0 fully saturated rings. The fourth-order valence-corrected chi connectivity index (χ4v) is 5.45. The molecule has 1 heterocycles. The third kappa shape index (κ3) is 5.72. The van der Waals surface area contributed by atoms with Crippen LogP contribution in [0.4, 0.5) is 5.69 Å². The Morgan fingerprint density at radius 2 is 1.78 bits per heavy atom. The van der Waals surface area contributed by atoms with E-state index in [4.69, 9.17) is 9.47 Å². The molecule has 1 aliphatic carbocycles. The van der Waals surface area contributed by atoms with E-state index >= 15 is 0 Å². The van der Waals surface area contributed by atoms with Crippen LogP contribution in [0.25, 0.3) is 0 Å². The molecule has 0 amide bonds. The van der Waals surface area contributed by atoms with Crippen LogP contribution in [0.15, 0.2) is 71.1 Å². The van der Waals surface area contributed by atoms with E-state index in [9.17, 15) is 19.7 Å². The van der Waals surface area contributed by atoms with Gasteiger partial charge in [0.25, 0.3) is 5.69 Å². The molecular formula is C28H30N2O6S. The number of nitro benzene ring substituents is 1. The first kappa shape index (κ1) is 26.5. The maximum atomic E-state index is 13.7. The quantitative estimate of drug-likeness (QED) is 0.206. The topological polar surface area (TPSA) is 108 Å². The Morgan fingerprint density at radius 3 is 2.41 bits per heavy atom. The average molecular weight is 523 g/mol. The molecule has 2 aromatic rings. The molecule has 0 radical (unpaired) electrons. The van der Waals surface area contributed by atoms with Gasteiger partial charge in [0.1, 0.15) is 12.4 Å².